The number of hydrogen-bond donors (Lipinski definition) is 1. The summed E-state index contributed by atoms with van der Waals surface area (Å²) in [6.45, 7) is 1.28. The number of benzene rings is 2. The van der Waals surface area contributed by atoms with Gasteiger partial charge in [0.25, 0.3) is 0 Å². The summed E-state index contributed by atoms with van der Waals surface area (Å²) in [6, 6.07) is 16.0. The Morgan fingerprint density at radius 1 is 1.19 bits per heavy atom. The molecule has 1 unspecified atom stereocenters. The van der Waals surface area contributed by atoms with Gasteiger partial charge >= 0.3 is 0 Å². The van der Waals surface area contributed by atoms with Gasteiger partial charge in [-0.15, -0.1) is 0 Å². The van der Waals surface area contributed by atoms with Crippen LogP contribution < -0.4 is 10.5 Å². The van der Waals surface area contributed by atoms with Crippen LogP contribution in [0.1, 0.15) is 17.2 Å². The maximum atomic E-state index is 6.23. The quantitative estimate of drug-likeness (QED) is 0.888. The van der Waals surface area contributed by atoms with Gasteiger partial charge in [-0.05, 0) is 36.4 Å². The molecule has 3 nitrogen and oxygen atoms in total. The number of hydrogen-bond acceptors (Lipinski definition) is 3. The van der Waals surface area contributed by atoms with E-state index in [4.69, 9.17) is 22.1 Å². The van der Waals surface area contributed by atoms with E-state index in [-0.39, 0.29) is 6.04 Å². The van der Waals surface area contributed by atoms with Gasteiger partial charge in [-0.2, -0.15) is 0 Å². The molecule has 0 spiro atoms. The normalized spacial score (nSPS) is 12.4. The third kappa shape index (κ3) is 3.97. The molecule has 2 N–H and O–H groups in total. The van der Waals surface area contributed by atoms with E-state index in [9.17, 15) is 0 Å². The first kappa shape index (κ1) is 15.8. The molecule has 0 aliphatic rings. The second-order valence-electron chi connectivity index (χ2n) is 5.03. The number of nitrogens with two attached hydrogens (primary N) is 1. The molecule has 0 fully saturated rings. The first-order chi connectivity index (χ1) is 10.2. The molecule has 21 heavy (non-hydrogen) atoms. The van der Waals surface area contributed by atoms with Crippen LogP contribution in [0.3, 0.4) is 0 Å². The molecule has 0 radical (unpaired) electrons. The van der Waals surface area contributed by atoms with Crippen LogP contribution in [0.15, 0.2) is 48.5 Å². The van der Waals surface area contributed by atoms with E-state index >= 15 is 0 Å². The van der Waals surface area contributed by atoms with Crippen molar-refractivity contribution in [2.75, 3.05) is 20.7 Å². The van der Waals surface area contributed by atoms with Crippen molar-refractivity contribution in [3.63, 3.8) is 0 Å². The van der Waals surface area contributed by atoms with E-state index in [1.54, 1.807) is 7.11 Å². The van der Waals surface area contributed by atoms with Crippen molar-refractivity contribution in [3.8, 4) is 5.75 Å². The van der Waals surface area contributed by atoms with Crippen molar-refractivity contribution in [2.45, 2.75) is 12.6 Å². The molecule has 2 aromatic rings. The topological polar surface area (TPSA) is 38.5 Å². The highest BCUT2D eigenvalue weighted by atomic mass is 35.5. The molecule has 4 heteroatoms. The Hall–Kier alpha value is -1.55. The molecule has 2 rings (SSSR count). The fourth-order valence-electron chi connectivity index (χ4n) is 2.42. The van der Waals surface area contributed by atoms with Crippen LogP contribution in [0.5, 0.6) is 5.75 Å². The average Bonchev–Trinajstić information content (AvgIpc) is 2.50. The monoisotopic (exact) mass is 304 g/mol. The van der Waals surface area contributed by atoms with Crippen molar-refractivity contribution >= 4 is 11.6 Å². The third-order valence-corrected chi connectivity index (χ3v) is 3.98. The number of rotatable bonds is 6. The van der Waals surface area contributed by atoms with Gasteiger partial charge in [-0.3, -0.25) is 4.90 Å². The standard InChI is InChI=1S/C17H21ClN2O/c1-20(12-14-6-3-4-9-16(14)18)17(11-19)13-7-5-8-15(10-13)21-2/h3-10,17H,11-12,19H2,1-2H3. The van der Waals surface area contributed by atoms with Gasteiger partial charge in [0, 0.05) is 24.2 Å². The summed E-state index contributed by atoms with van der Waals surface area (Å²) in [5.41, 5.74) is 8.22. The summed E-state index contributed by atoms with van der Waals surface area (Å²) in [5.74, 6) is 0.845. The lowest BCUT2D eigenvalue weighted by atomic mass is 10.0. The number of methoxy groups -OCH3 is 1. The Labute approximate surface area is 131 Å². The summed E-state index contributed by atoms with van der Waals surface area (Å²) in [6.07, 6.45) is 0. The molecule has 0 amide bonds. The van der Waals surface area contributed by atoms with Crippen LogP contribution in [-0.2, 0) is 6.54 Å². The largest absolute Gasteiger partial charge is 0.497 e. The van der Waals surface area contributed by atoms with Gasteiger partial charge in [0.2, 0.25) is 0 Å². The Morgan fingerprint density at radius 2 is 1.95 bits per heavy atom. The maximum Gasteiger partial charge on any atom is 0.119 e. The summed E-state index contributed by atoms with van der Waals surface area (Å²) >= 11 is 6.23. The van der Waals surface area contributed by atoms with Crippen LogP contribution in [0.2, 0.25) is 5.02 Å². The minimum atomic E-state index is 0.122. The molecule has 1 atom stereocenters. The Bertz CT molecular complexity index is 589. The second-order valence-corrected chi connectivity index (χ2v) is 5.44. The lowest BCUT2D eigenvalue weighted by Crippen LogP contribution is -2.30. The molecule has 0 aliphatic heterocycles. The van der Waals surface area contributed by atoms with Crippen molar-refractivity contribution in [2.24, 2.45) is 5.73 Å². The van der Waals surface area contributed by atoms with Gasteiger partial charge in [0.05, 0.1) is 7.11 Å². The summed E-state index contributed by atoms with van der Waals surface area (Å²) in [7, 11) is 3.73. The Kier molecular flexibility index (Phi) is 5.62. The molecule has 0 heterocycles. The van der Waals surface area contributed by atoms with Gasteiger partial charge in [-0.1, -0.05) is 41.9 Å². The van der Waals surface area contributed by atoms with E-state index in [1.807, 2.05) is 42.5 Å². The number of nitrogens with zero attached hydrogens (tertiary/aromatic N) is 1. The van der Waals surface area contributed by atoms with Gasteiger partial charge in [-0.25, -0.2) is 0 Å². The van der Waals surface area contributed by atoms with Crippen LogP contribution in [0.25, 0.3) is 0 Å². The predicted molar refractivity (Wildman–Crippen MR) is 87.7 cm³/mol. The third-order valence-electron chi connectivity index (χ3n) is 3.61. The smallest absolute Gasteiger partial charge is 0.119 e. The summed E-state index contributed by atoms with van der Waals surface area (Å²) in [5, 5.41) is 0.783. The van der Waals surface area contributed by atoms with Crippen molar-refractivity contribution < 1.29 is 4.74 Å². The van der Waals surface area contributed by atoms with Crippen molar-refractivity contribution in [3.05, 3.63) is 64.7 Å². The van der Waals surface area contributed by atoms with Crippen LogP contribution >= 0.6 is 11.6 Å². The maximum absolute atomic E-state index is 6.23. The van der Waals surface area contributed by atoms with Crippen molar-refractivity contribution in [1.29, 1.82) is 0 Å². The average molecular weight is 305 g/mol. The van der Waals surface area contributed by atoms with E-state index in [0.717, 1.165) is 28.4 Å². The van der Waals surface area contributed by atoms with Crippen LogP contribution in [0.4, 0.5) is 0 Å². The minimum Gasteiger partial charge on any atom is -0.497 e. The Morgan fingerprint density at radius 3 is 2.62 bits per heavy atom. The molecule has 0 aliphatic carbocycles. The number of likely N-dealkylation sites (N-methyl/N-ethyl adjacent to an activating group) is 1. The summed E-state index contributed by atoms with van der Waals surface area (Å²) in [4.78, 5) is 2.20. The van der Waals surface area contributed by atoms with E-state index in [2.05, 4.69) is 18.0 Å². The molecule has 0 saturated heterocycles. The molecule has 0 saturated carbocycles. The highest BCUT2D eigenvalue weighted by molar-refractivity contribution is 6.31. The van der Waals surface area contributed by atoms with Crippen LogP contribution in [0, 0.1) is 0 Å². The zero-order valence-corrected chi connectivity index (χ0v) is 13.2. The fraction of sp³-hybridized carbons (Fsp3) is 0.294. The zero-order valence-electron chi connectivity index (χ0n) is 12.4. The molecule has 0 bridgehead atoms. The number of ether oxygens (including phenoxy) is 1. The van der Waals surface area contributed by atoms with E-state index in [0.29, 0.717) is 6.54 Å². The van der Waals surface area contributed by atoms with Crippen LogP contribution in [-0.4, -0.2) is 25.6 Å². The Balaban J connectivity index is 2.18. The van der Waals surface area contributed by atoms with Gasteiger partial charge in [0.15, 0.2) is 0 Å². The van der Waals surface area contributed by atoms with Gasteiger partial charge in [0.1, 0.15) is 5.75 Å². The van der Waals surface area contributed by atoms with E-state index in [1.165, 1.54) is 0 Å². The summed E-state index contributed by atoms with van der Waals surface area (Å²) < 4.78 is 5.29. The molecular weight excluding hydrogens is 284 g/mol. The number of halogens is 1. The first-order valence-corrected chi connectivity index (χ1v) is 7.31. The SMILES string of the molecule is COc1cccc(C(CN)N(C)Cc2ccccc2Cl)c1. The lowest BCUT2D eigenvalue weighted by molar-refractivity contribution is 0.241. The molecule has 2 aromatic carbocycles. The first-order valence-electron chi connectivity index (χ1n) is 6.93. The lowest BCUT2D eigenvalue weighted by Gasteiger charge is -2.28. The highest BCUT2D eigenvalue weighted by Crippen LogP contribution is 2.25. The second kappa shape index (κ2) is 7.46. The zero-order chi connectivity index (χ0) is 15.2. The minimum absolute atomic E-state index is 0.122. The van der Waals surface area contributed by atoms with Crippen molar-refractivity contribution in [1.82, 2.24) is 4.90 Å². The highest BCUT2D eigenvalue weighted by Gasteiger charge is 2.17. The molecular formula is C17H21ClN2O. The molecule has 0 aromatic heterocycles. The predicted octanol–water partition coefficient (Wildman–Crippen LogP) is 3.48. The fourth-order valence-corrected chi connectivity index (χ4v) is 2.62. The molecule has 112 valence electrons. The van der Waals surface area contributed by atoms with E-state index < -0.39 is 0 Å². The van der Waals surface area contributed by atoms with Gasteiger partial charge < -0.3 is 10.5 Å².